The highest BCUT2D eigenvalue weighted by Crippen LogP contribution is 2.19. The first-order valence-electron chi connectivity index (χ1n) is 8.20. The van der Waals surface area contributed by atoms with Gasteiger partial charge in [-0.3, -0.25) is 4.79 Å². The molecule has 2 aromatic carbocycles. The Morgan fingerprint density at radius 2 is 1.76 bits per heavy atom. The molecule has 1 atom stereocenters. The highest BCUT2D eigenvalue weighted by molar-refractivity contribution is 9.10. The summed E-state index contributed by atoms with van der Waals surface area (Å²) in [5.74, 6) is -0.804. The van der Waals surface area contributed by atoms with Gasteiger partial charge in [-0.1, -0.05) is 41.1 Å². The third-order valence-electron chi connectivity index (χ3n) is 4.09. The summed E-state index contributed by atoms with van der Waals surface area (Å²) in [5.41, 5.74) is 3.59. The average Bonchev–Trinajstić information content (AvgIpc) is 2.60. The fraction of sp³-hybridized carbons (Fsp3) is 0.300. The summed E-state index contributed by atoms with van der Waals surface area (Å²) >= 11 is 3.39. The summed E-state index contributed by atoms with van der Waals surface area (Å²) < 4.78 is 6.11. The number of aryl methyl sites for hydroxylation is 2. The lowest BCUT2D eigenvalue weighted by Gasteiger charge is -2.17. The Balaban J connectivity index is 1.91. The van der Waals surface area contributed by atoms with Crippen LogP contribution in [0.15, 0.2) is 46.9 Å². The van der Waals surface area contributed by atoms with Crippen molar-refractivity contribution in [2.75, 3.05) is 6.61 Å². The predicted molar refractivity (Wildman–Crippen MR) is 102 cm³/mol. The Bertz CT molecular complexity index is 756. The molecule has 132 valence electrons. The molecule has 2 rings (SSSR count). The number of esters is 1. The second-order valence-corrected chi connectivity index (χ2v) is 6.87. The zero-order valence-corrected chi connectivity index (χ0v) is 16.2. The number of carbonyl (C=O) groups excluding carboxylic acids is 2. The molecule has 25 heavy (non-hydrogen) atoms. The molecule has 1 N–H and O–H groups in total. The van der Waals surface area contributed by atoms with Crippen LogP contribution in [0.4, 0.5) is 0 Å². The number of carbonyl (C=O) groups is 2. The SMILES string of the molecule is CC[C@H](NC(=O)COC(=O)c1ccc(C)c(C)c1)c1ccc(Br)cc1. The zero-order valence-electron chi connectivity index (χ0n) is 14.6. The van der Waals surface area contributed by atoms with Crippen LogP contribution >= 0.6 is 15.9 Å². The highest BCUT2D eigenvalue weighted by Gasteiger charge is 2.15. The van der Waals surface area contributed by atoms with Crippen LogP contribution in [0.2, 0.25) is 0 Å². The monoisotopic (exact) mass is 403 g/mol. The van der Waals surface area contributed by atoms with Crippen molar-refractivity contribution in [2.24, 2.45) is 0 Å². The molecule has 5 heteroatoms. The largest absolute Gasteiger partial charge is 0.452 e. The highest BCUT2D eigenvalue weighted by atomic mass is 79.9. The van der Waals surface area contributed by atoms with E-state index in [1.54, 1.807) is 12.1 Å². The normalized spacial score (nSPS) is 11.7. The van der Waals surface area contributed by atoms with Gasteiger partial charge < -0.3 is 10.1 Å². The molecule has 0 spiro atoms. The molecule has 0 aliphatic rings. The van der Waals surface area contributed by atoms with Crippen LogP contribution in [0.5, 0.6) is 0 Å². The van der Waals surface area contributed by atoms with Crippen molar-refractivity contribution in [3.05, 3.63) is 69.2 Å². The summed E-state index contributed by atoms with van der Waals surface area (Å²) in [5, 5.41) is 2.90. The van der Waals surface area contributed by atoms with E-state index in [-0.39, 0.29) is 18.6 Å². The van der Waals surface area contributed by atoms with Crippen molar-refractivity contribution in [2.45, 2.75) is 33.2 Å². The van der Waals surface area contributed by atoms with Crippen molar-refractivity contribution in [3.63, 3.8) is 0 Å². The van der Waals surface area contributed by atoms with E-state index in [2.05, 4.69) is 21.2 Å². The van der Waals surface area contributed by atoms with E-state index < -0.39 is 5.97 Å². The summed E-state index contributed by atoms with van der Waals surface area (Å²) in [6.07, 6.45) is 0.748. The molecule has 0 saturated carbocycles. The molecule has 1 amide bonds. The molecule has 0 heterocycles. The quantitative estimate of drug-likeness (QED) is 0.722. The molecule has 0 radical (unpaired) electrons. The molecule has 2 aromatic rings. The summed E-state index contributed by atoms with van der Waals surface area (Å²) in [6, 6.07) is 13.0. The molecule has 0 aliphatic carbocycles. The number of hydrogen-bond acceptors (Lipinski definition) is 3. The molecule has 0 bridgehead atoms. The fourth-order valence-electron chi connectivity index (χ4n) is 2.44. The van der Waals surface area contributed by atoms with Gasteiger partial charge in [-0.2, -0.15) is 0 Å². The van der Waals surface area contributed by atoms with Crippen molar-refractivity contribution in [1.29, 1.82) is 0 Å². The van der Waals surface area contributed by atoms with Crippen LogP contribution in [0, 0.1) is 13.8 Å². The standard InChI is InChI=1S/C20H22BrNO3/c1-4-18(15-7-9-17(21)10-8-15)22-19(23)12-25-20(24)16-6-5-13(2)14(3)11-16/h5-11,18H,4,12H2,1-3H3,(H,22,23)/t18-/m0/s1. The van der Waals surface area contributed by atoms with Crippen LogP contribution in [-0.2, 0) is 9.53 Å². The lowest BCUT2D eigenvalue weighted by atomic mass is 10.0. The number of nitrogens with one attached hydrogen (secondary N) is 1. The molecule has 4 nitrogen and oxygen atoms in total. The molecular weight excluding hydrogens is 382 g/mol. The van der Waals surface area contributed by atoms with E-state index in [0.717, 1.165) is 27.6 Å². The summed E-state index contributed by atoms with van der Waals surface area (Å²) in [4.78, 5) is 24.2. The van der Waals surface area contributed by atoms with Crippen LogP contribution in [0.1, 0.15) is 46.4 Å². The Morgan fingerprint density at radius 3 is 2.36 bits per heavy atom. The van der Waals surface area contributed by atoms with Crippen LogP contribution < -0.4 is 5.32 Å². The van der Waals surface area contributed by atoms with Crippen molar-refractivity contribution < 1.29 is 14.3 Å². The number of benzene rings is 2. The number of hydrogen-bond donors (Lipinski definition) is 1. The number of rotatable bonds is 6. The first-order chi connectivity index (χ1) is 11.9. The number of ether oxygens (including phenoxy) is 1. The van der Waals surface area contributed by atoms with Crippen molar-refractivity contribution >= 4 is 27.8 Å². The Morgan fingerprint density at radius 1 is 1.08 bits per heavy atom. The smallest absolute Gasteiger partial charge is 0.338 e. The summed E-state index contributed by atoms with van der Waals surface area (Å²) in [6.45, 7) is 5.61. The number of halogens is 1. The van der Waals surface area contributed by atoms with Gasteiger partial charge in [-0.25, -0.2) is 4.79 Å². The minimum Gasteiger partial charge on any atom is -0.452 e. The van der Waals surface area contributed by atoms with Gasteiger partial charge in [0.05, 0.1) is 11.6 Å². The Kier molecular flexibility index (Phi) is 6.76. The topological polar surface area (TPSA) is 55.4 Å². The van der Waals surface area contributed by atoms with Gasteiger partial charge in [0.2, 0.25) is 0 Å². The van der Waals surface area contributed by atoms with Gasteiger partial charge in [0, 0.05) is 4.47 Å². The lowest BCUT2D eigenvalue weighted by molar-refractivity contribution is -0.125. The molecule has 0 aromatic heterocycles. The molecule has 0 unspecified atom stereocenters. The maximum atomic E-state index is 12.1. The maximum absolute atomic E-state index is 12.1. The zero-order chi connectivity index (χ0) is 18.4. The van der Waals surface area contributed by atoms with E-state index in [1.165, 1.54) is 0 Å². The average molecular weight is 404 g/mol. The predicted octanol–water partition coefficient (Wildman–Crippen LogP) is 4.49. The van der Waals surface area contributed by atoms with Crippen molar-refractivity contribution in [3.8, 4) is 0 Å². The molecular formula is C20H22BrNO3. The van der Waals surface area contributed by atoms with Crippen LogP contribution in [-0.4, -0.2) is 18.5 Å². The molecule has 0 aliphatic heterocycles. The molecule has 0 saturated heterocycles. The van der Waals surface area contributed by atoms with Gasteiger partial charge >= 0.3 is 5.97 Å². The first-order valence-corrected chi connectivity index (χ1v) is 8.99. The van der Waals surface area contributed by atoms with E-state index in [0.29, 0.717) is 5.56 Å². The maximum Gasteiger partial charge on any atom is 0.338 e. The third kappa shape index (κ3) is 5.43. The number of amides is 1. The van der Waals surface area contributed by atoms with Gasteiger partial charge in [0.15, 0.2) is 6.61 Å². The van der Waals surface area contributed by atoms with Crippen LogP contribution in [0.25, 0.3) is 0 Å². The van der Waals surface area contributed by atoms with E-state index in [4.69, 9.17) is 4.74 Å². The van der Waals surface area contributed by atoms with Gasteiger partial charge in [0.25, 0.3) is 5.91 Å². The van der Waals surface area contributed by atoms with E-state index in [9.17, 15) is 9.59 Å². The van der Waals surface area contributed by atoms with Crippen molar-refractivity contribution in [1.82, 2.24) is 5.32 Å². The van der Waals surface area contributed by atoms with Gasteiger partial charge in [-0.05, 0) is 61.2 Å². The second kappa shape index (κ2) is 8.81. The Labute approximate surface area is 156 Å². The van der Waals surface area contributed by atoms with Gasteiger partial charge in [-0.15, -0.1) is 0 Å². The van der Waals surface area contributed by atoms with E-state index >= 15 is 0 Å². The van der Waals surface area contributed by atoms with Crippen LogP contribution in [0.3, 0.4) is 0 Å². The third-order valence-corrected chi connectivity index (χ3v) is 4.62. The summed E-state index contributed by atoms with van der Waals surface area (Å²) in [7, 11) is 0. The molecule has 0 fully saturated rings. The Hall–Kier alpha value is -2.14. The minimum absolute atomic E-state index is 0.110. The second-order valence-electron chi connectivity index (χ2n) is 5.96. The minimum atomic E-state index is -0.491. The first kappa shape index (κ1) is 19.2. The fourth-order valence-corrected chi connectivity index (χ4v) is 2.70. The lowest BCUT2D eigenvalue weighted by Crippen LogP contribution is -2.32. The van der Waals surface area contributed by atoms with Gasteiger partial charge in [0.1, 0.15) is 0 Å². The van der Waals surface area contributed by atoms with E-state index in [1.807, 2.05) is 51.1 Å².